The van der Waals surface area contributed by atoms with Crippen LogP contribution >= 0.6 is 11.8 Å². The number of nitro groups is 1. The zero-order valence-electron chi connectivity index (χ0n) is 28.8. The van der Waals surface area contributed by atoms with Crippen molar-refractivity contribution in [2.45, 2.75) is 22.5 Å². The minimum atomic E-state index is -4.43. The van der Waals surface area contributed by atoms with Crippen LogP contribution in [0.15, 0.2) is 131 Å². The molecule has 1 heterocycles. The van der Waals surface area contributed by atoms with Crippen LogP contribution in [-0.2, 0) is 22.7 Å². The number of alkyl halides is 3. The number of thioether (sulfide) groups is 1. The summed E-state index contributed by atoms with van der Waals surface area (Å²) < 4.78 is 67.5. The monoisotopic (exact) mass is 775 g/mol. The van der Waals surface area contributed by atoms with Gasteiger partial charge in [-0.3, -0.25) is 19.8 Å². The number of carbonyl (C=O) groups excluding carboxylic acids is 1. The van der Waals surface area contributed by atoms with Crippen LogP contribution in [0.25, 0.3) is 11.1 Å². The Kier molecular flexibility index (Phi) is 11.9. The number of anilines is 2. The summed E-state index contributed by atoms with van der Waals surface area (Å²) >= 11 is 1.57. The molecule has 0 aromatic heterocycles. The highest BCUT2D eigenvalue weighted by atomic mass is 32.2. The molecule has 54 heavy (non-hydrogen) atoms. The van der Waals surface area contributed by atoms with E-state index in [1.807, 2.05) is 59.3 Å². The molecule has 15 heteroatoms. The third-order valence-electron chi connectivity index (χ3n) is 8.93. The smallest absolute Gasteiger partial charge is 0.379 e. The first kappa shape index (κ1) is 38.3. The Hall–Kier alpha value is -5.38. The Morgan fingerprint density at radius 3 is 2.17 bits per heavy atom. The van der Waals surface area contributed by atoms with Crippen LogP contribution in [0.2, 0.25) is 0 Å². The van der Waals surface area contributed by atoms with E-state index in [0.717, 1.165) is 53.0 Å². The lowest BCUT2D eigenvalue weighted by Gasteiger charge is -2.36. The van der Waals surface area contributed by atoms with Crippen molar-refractivity contribution < 1.29 is 31.3 Å². The van der Waals surface area contributed by atoms with Crippen LogP contribution in [0, 0.1) is 10.1 Å². The number of nitrogens with zero attached hydrogens (tertiary/aromatic N) is 3. The molecule has 5 aromatic carbocycles. The maximum atomic E-state index is 13.1. The van der Waals surface area contributed by atoms with Gasteiger partial charge in [0, 0.05) is 67.2 Å². The number of sulfonamides is 1. The van der Waals surface area contributed by atoms with Crippen molar-refractivity contribution in [3.63, 3.8) is 0 Å². The molecule has 6 rings (SSSR count). The summed E-state index contributed by atoms with van der Waals surface area (Å²) in [5, 5.41) is 14.8. The van der Waals surface area contributed by atoms with E-state index >= 15 is 0 Å². The number of nitrogens with one attached hydrogen (secondary N) is 2. The second-order valence-corrected chi connectivity index (χ2v) is 15.4. The maximum absolute atomic E-state index is 13.1. The number of piperazine rings is 1. The highest BCUT2D eigenvalue weighted by molar-refractivity contribution is 7.99. The van der Waals surface area contributed by atoms with Gasteiger partial charge in [-0.2, -0.15) is 13.2 Å². The Bertz CT molecular complexity index is 2200. The van der Waals surface area contributed by atoms with E-state index in [1.54, 1.807) is 23.9 Å². The molecule has 1 amide bonds. The molecule has 0 atom stereocenters. The first-order valence-electron chi connectivity index (χ1n) is 17.0. The Labute approximate surface area is 315 Å². The van der Waals surface area contributed by atoms with Crippen molar-refractivity contribution in [1.82, 2.24) is 9.62 Å². The molecule has 10 nitrogen and oxygen atoms in total. The molecule has 0 radical (unpaired) electrons. The topological polar surface area (TPSA) is 125 Å². The summed E-state index contributed by atoms with van der Waals surface area (Å²) in [6.07, 6.45) is -4.40. The number of hydrogen-bond donors (Lipinski definition) is 2. The van der Waals surface area contributed by atoms with Crippen molar-refractivity contribution >= 4 is 44.8 Å². The predicted molar refractivity (Wildman–Crippen MR) is 204 cm³/mol. The highest BCUT2D eigenvalue weighted by Gasteiger charge is 2.30. The van der Waals surface area contributed by atoms with Crippen LogP contribution in [0.3, 0.4) is 0 Å². The average Bonchev–Trinajstić information content (AvgIpc) is 3.17. The molecule has 1 aliphatic rings. The fourth-order valence-corrected chi connectivity index (χ4v) is 7.88. The number of benzene rings is 5. The van der Waals surface area contributed by atoms with E-state index < -0.39 is 43.2 Å². The Morgan fingerprint density at radius 1 is 0.833 bits per heavy atom. The van der Waals surface area contributed by atoms with Gasteiger partial charge >= 0.3 is 6.18 Å². The zero-order valence-corrected chi connectivity index (χ0v) is 30.5. The third-order valence-corrected chi connectivity index (χ3v) is 11.3. The van der Waals surface area contributed by atoms with Gasteiger partial charge in [-0.25, -0.2) is 13.1 Å². The Balaban J connectivity index is 1.02. The molecule has 2 N–H and O–H groups in total. The summed E-state index contributed by atoms with van der Waals surface area (Å²) in [4.78, 5) is 29.2. The number of amides is 1. The lowest BCUT2D eigenvalue weighted by atomic mass is 9.98. The minimum absolute atomic E-state index is 0.101. The number of halogens is 3. The van der Waals surface area contributed by atoms with Gasteiger partial charge in [0.05, 0.1) is 15.4 Å². The third kappa shape index (κ3) is 9.58. The van der Waals surface area contributed by atoms with Crippen molar-refractivity contribution in [3.8, 4) is 11.1 Å². The van der Waals surface area contributed by atoms with Crippen LogP contribution < -0.4 is 14.9 Å². The van der Waals surface area contributed by atoms with Crippen molar-refractivity contribution in [1.29, 1.82) is 0 Å². The van der Waals surface area contributed by atoms with E-state index in [9.17, 15) is 36.5 Å². The standard InChI is InChI=1S/C39H36F3N5O5S2/c40-39(41,42)31-14-10-28(11-15-31)35-9-5-4-6-30(35)27-45-21-23-46(24-22-45)32-16-12-29(13-17-32)38(48)44-54(51,52)34-18-19-36(37(26-34)47(49)50)43-20-25-53-33-7-2-1-3-8-33/h1-19,26,43H,20-25,27H2,(H,44,48). The largest absolute Gasteiger partial charge is 0.416 e. The van der Waals surface area contributed by atoms with E-state index in [0.29, 0.717) is 37.5 Å². The summed E-state index contributed by atoms with van der Waals surface area (Å²) in [7, 11) is -4.43. The van der Waals surface area contributed by atoms with Gasteiger partial charge in [-0.05, 0) is 77.4 Å². The average molecular weight is 776 g/mol. The van der Waals surface area contributed by atoms with Crippen LogP contribution in [0.4, 0.5) is 30.2 Å². The number of rotatable bonds is 13. The van der Waals surface area contributed by atoms with E-state index in [4.69, 9.17) is 0 Å². The fraction of sp³-hybridized carbons (Fsp3) is 0.205. The molecule has 0 unspecified atom stereocenters. The van der Waals surface area contributed by atoms with Gasteiger partial charge < -0.3 is 10.2 Å². The lowest BCUT2D eigenvalue weighted by molar-refractivity contribution is -0.384. The van der Waals surface area contributed by atoms with Gasteiger partial charge in [0.15, 0.2) is 0 Å². The second-order valence-electron chi connectivity index (χ2n) is 12.5. The summed E-state index contributed by atoms with van der Waals surface area (Å²) in [5.74, 6) is -0.251. The molecular weight excluding hydrogens is 740 g/mol. The van der Waals surface area contributed by atoms with Crippen LogP contribution in [0.5, 0.6) is 0 Å². The van der Waals surface area contributed by atoms with Gasteiger partial charge in [0.1, 0.15) is 5.69 Å². The van der Waals surface area contributed by atoms with E-state index in [1.165, 1.54) is 36.4 Å². The van der Waals surface area contributed by atoms with Crippen molar-refractivity contribution in [2.75, 3.05) is 48.7 Å². The van der Waals surface area contributed by atoms with Gasteiger partial charge in [-0.15, -0.1) is 11.8 Å². The quantitative estimate of drug-likeness (QED) is 0.0531. The molecule has 1 saturated heterocycles. The molecule has 1 fully saturated rings. The van der Waals surface area contributed by atoms with E-state index in [-0.39, 0.29) is 11.3 Å². The summed E-state index contributed by atoms with van der Waals surface area (Å²) in [5.41, 5.74) is 2.59. The van der Waals surface area contributed by atoms with Crippen molar-refractivity contribution in [2.24, 2.45) is 0 Å². The zero-order chi connectivity index (χ0) is 38.3. The highest BCUT2D eigenvalue weighted by Crippen LogP contribution is 2.33. The fourth-order valence-electron chi connectivity index (χ4n) is 6.10. The molecule has 0 saturated carbocycles. The molecule has 1 aliphatic heterocycles. The SMILES string of the molecule is O=C(NS(=O)(=O)c1ccc(NCCSc2ccccc2)c([N+](=O)[O-])c1)c1ccc(N2CCN(Cc3ccccc3-c3ccc(C(F)(F)F)cc3)CC2)cc1. The van der Waals surface area contributed by atoms with Crippen molar-refractivity contribution in [3.05, 3.63) is 148 Å². The molecule has 0 bridgehead atoms. The van der Waals surface area contributed by atoms with Crippen LogP contribution in [0.1, 0.15) is 21.5 Å². The Morgan fingerprint density at radius 2 is 1.50 bits per heavy atom. The number of carbonyl (C=O) groups is 1. The molecular formula is C39H36F3N5O5S2. The van der Waals surface area contributed by atoms with Gasteiger partial charge in [0.25, 0.3) is 21.6 Å². The van der Waals surface area contributed by atoms with Crippen LogP contribution in [-0.4, -0.2) is 62.6 Å². The molecule has 5 aromatic rings. The normalized spacial score (nSPS) is 13.7. The summed E-state index contributed by atoms with van der Waals surface area (Å²) in [6.45, 7) is 3.81. The lowest BCUT2D eigenvalue weighted by Crippen LogP contribution is -2.46. The van der Waals surface area contributed by atoms with Gasteiger partial charge in [0.2, 0.25) is 0 Å². The second kappa shape index (κ2) is 16.7. The minimum Gasteiger partial charge on any atom is -0.379 e. The maximum Gasteiger partial charge on any atom is 0.416 e. The van der Waals surface area contributed by atoms with Gasteiger partial charge in [-0.1, -0.05) is 54.6 Å². The molecule has 0 aliphatic carbocycles. The molecule has 280 valence electrons. The van der Waals surface area contributed by atoms with E-state index in [2.05, 4.69) is 15.1 Å². The number of nitro benzene ring substituents is 1. The molecule has 0 spiro atoms. The predicted octanol–water partition coefficient (Wildman–Crippen LogP) is 7.93. The number of hydrogen-bond acceptors (Lipinski definition) is 9. The first-order chi connectivity index (χ1) is 25.9. The summed E-state index contributed by atoms with van der Waals surface area (Å²) in [6, 6.07) is 32.5. The first-order valence-corrected chi connectivity index (χ1v) is 19.4.